The lowest BCUT2D eigenvalue weighted by Crippen LogP contribution is -2.25. The van der Waals surface area contributed by atoms with Gasteiger partial charge < -0.3 is 0 Å². The van der Waals surface area contributed by atoms with E-state index in [2.05, 4.69) is 71.1 Å². The largest absolute Gasteiger partial charge is 0.274 e. The smallest absolute Gasteiger partial charge is 0.233 e. The molecule has 1 aliphatic rings. The number of nitrogens with zero attached hydrogens (tertiary/aromatic N) is 2. The maximum Gasteiger partial charge on any atom is 0.233 e. The van der Waals surface area contributed by atoms with Crippen molar-refractivity contribution in [3.8, 4) is 11.1 Å². The van der Waals surface area contributed by atoms with Crippen molar-refractivity contribution in [1.82, 2.24) is 9.55 Å². The van der Waals surface area contributed by atoms with Crippen LogP contribution in [0.2, 0.25) is 0 Å². The second kappa shape index (κ2) is 6.60. The van der Waals surface area contributed by atoms with Crippen molar-refractivity contribution in [2.24, 2.45) is 0 Å². The molecule has 0 radical (unpaired) electrons. The Morgan fingerprint density at radius 3 is 2.41 bits per heavy atom. The number of imidazole rings is 1. The van der Waals surface area contributed by atoms with Crippen LogP contribution in [0.3, 0.4) is 0 Å². The molecule has 132 valence electrons. The molecule has 0 bridgehead atoms. The van der Waals surface area contributed by atoms with Crippen molar-refractivity contribution >= 4 is 39.5 Å². The fourth-order valence-electron chi connectivity index (χ4n) is 3.92. The van der Waals surface area contributed by atoms with E-state index in [4.69, 9.17) is 4.98 Å². The molecule has 0 saturated carbocycles. The zero-order chi connectivity index (χ0) is 18.4. The molecule has 0 spiro atoms. The molecule has 1 atom stereocenters. The van der Waals surface area contributed by atoms with Crippen LogP contribution in [0.15, 0.2) is 72.8 Å². The Morgan fingerprint density at radius 2 is 1.63 bits per heavy atom. The Morgan fingerprint density at radius 1 is 0.889 bits per heavy atom. The van der Waals surface area contributed by atoms with Crippen LogP contribution in [0.25, 0.3) is 22.2 Å². The van der Waals surface area contributed by atoms with Gasteiger partial charge in [-0.05, 0) is 63.4 Å². The van der Waals surface area contributed by atoms with Gasteiger partial charge in [0, 0.05) is 16.4 Å². The van der Waals surface area contributed by atoms with Gasteiger partial charge in [-0.3, -0.25) is 9.36 Å². The standard InChI is InChI=1S/C23H17IN2O/c24-19-10-11-20-21(14-19)26-22(25-20)12-18(13-23(26)27)17-8-6-16(7-9-17)15-4-2-1-3-5-15/h1-11,14,18H,12-13H2. The number of halogens is 1. The van der Waals surface area contributed by atoms with Crippen LogP contribution >= 0.6 is 22.6 Å². The first kappa shape index (κ1) is 16.7. The van der Waals surface area contributed by atoms with Crippen molar-refractivity contribution in [3.05, 3.63) is 87.8 Å². The number of hydrogen-bond donors (Lipinski definition) is 0. The number of benzene rings is 3. The number of fused-ring (bicyclic) bond motifs is 3. The number of aromatic nitrogens is 2. The van der Waals surface area contributed by atoms with E-state index >= 15 is 0 Å². The van der Waals surface area contributed by atoms with Crippen LogP contribution in [-0.2, 0) is 6.42 Å². The van der Waals surface area contributed by atoms with Gasteiger partial charge in [0.15, 0.2) is 0 Å². The van der Waals surface area contributed by atoms with Gasteiger partial charge >= 0.3 is 0 Å². The Hall–Kier alpha value is -2.47. The van der Waals surface area contributed by atoms with Gasteiger partial charge in [0.1, 0.15) is 5.82 Å². The van der Waals surface area contributed by atoms with E-state index in [1.54, 1.807) is 0 Å². The number of hydrogen-bond acceptors (Lipinski definition) is 2. The molecule has 1 aromatic heterocycles. The third-order valence-corrected chi connectivity index (χ3v) is 5.95. The second-order valence-electron chi connectivity index (χ2n) is 6.98. The van der Waals surface area contributed by atoms with Gasteiger partial charge in [-0.15, -0.1) is 0 Å². The van der Waals surface area contributed by atoms with E-state index in [0.29, 0.717) is 6.42 Å². The molecule has 3 nitrogen and oxygen atoms in total. The van der Waals surface area contributed by atoms with E-state index in [0.717, 1.165) is 26.8 Å². The minimum absolute atomic E-state index is 0.137. The molecule has 0 aliphatic carbocycles. The average molecular weight is 464 g/mol. The minimum atomic E-state index is 0.137. The Bertz CT molecular complexity index is 1150. The van der Waals surface area contributed by atoms with Crippen LogP contribution in [-0.4, -0.2) is 15.5 Å². The SMILES string of the molecule is O=C1CC(c2ccc(-c3ccccc3)cc2)Cc2nc3ccc(I)cc3n21. The first-order chi connectivity index (χ1) is 13.2. The maximum absolute atomic E-state index is 12.9. The van der Waals surface area contributed by atoms with Gasteiger partial charge in [-0.1, -0.05) is 54.6 Å². The zero-order valence-electron chi connectivity index (χ0n) is 14.6. The first-order valence-corrected chi connectivity index (χ1v) is 10.1. The average Bonchev–Trinajstić information content (AvgIpc) is 3.07. The van der Waals surface area contributed by atoms with Crippen LogP contribution in [0.5, 0.6) is 0 Å². The molecule has 0 saturated heterocycles. The minimum Gasteiger partial charge on any atom is -0.274 e. The molecule has 1 unspecified atom stereocenters. The van der Waals surface area contributed by atoms with Gasteiger partial charge in [0.25, 0.3) is 0 Å². The Kier molecular flexibility index (Phi) is 4.08. The summed E-state index contributed by atoms with van der Waals surface area (Å²) in [6, 6.07) is 25.0. The maximum atomic E-state index is 12.9. The molecule has 2 heterocycles. The lowest BCUT2D eigenvalue weighted by molar-refractivity contribution is 0.0877. The van der Waals surface area contributed by atoms with Crippen LogP contribution in [0.4, 0.5) is 0 Å². The lowest BCUT2D eigenvalue weighted by atomic mass is 9.88. The van der Waals surface area contributed by atoms with Crippen LogP contribution < -0.4 is 0 Å². The summed E-state index contributed by atoms with van der Waals surface area (Å²) in [6.07, 6.45) is 1.32. The van der Waals surface area contributed by atoms with E-state index < -0.39 is 0 Å². The third kappa shape index (κ3) is 2.98. The highest BCUT2D eigenvalue weighted by molar-refractivity contribution is 14.1. The molecule has 3 aromatic carbocycles. The topological polar surface area (TPSA) is 34.9 Å². The fourth-order valence-corrected chi connectivity index (χ4v) is 4.40. The second-order valence-corrected chi connectivity index (χ2v) is 8.23. The Balaban J connectivity index is 1.48. The highest BCUT2D eigenvalue weighted by atomic mass is 127. The number of carbonyl (C=O) groups is 1. The van der Waals surface area contributed by atoms with Gasteiger partial charge in [-0.2, -0.15) is 0 Å². The predicted octanol–water partition coefficient (Wildman–Crippen LogP) is 5.68. The summed E-state index contributed by atoms with van der Waals surface area (Å²) in [5.74, 6) is 1.20. The summed E-state index contributed by atoms with van der Waals surface area (Å²) < 4.78 is 2.93. The predicted molar refractivity (Wildman–Crippen MR) is 116 cm³/mol. The number of rotatable bonds is 2. The molecule has 0 N–H and O–H groups in total. The summed E-state index contributed by atoms with van der Waals surface area (Å²) in [7, 11) is 0. The molecule has 4 aromatic rings. The Labute approximate surface area is 171 Å². The fraction of sp³-hybridized carbons (Fsp3) is 0.130. The van der Waals surface area contributed by atoms with E-state index in [1.807, 2.05) is 28.8 Å². The quantitative estimate of drug-likeness (QED) is 0.358. The van der Waals surface area contributed by atoms with Crippen molar-refractivity contribution in [2.75, 3.05) is 0 Å². The van der Waals surface area contributed by atoms with Crippen molar-refractivity contribution < 1.29 is 4.79 Å². The molecule has 27 heavy (non-hydrogen) atoms. The molecule has 5 rings (SSSR count). The normalized spacial score (nSPS) is 16.5. The van der Waals surface area contributed by atoms with E-state index in [9.17, 15) is 4.79 Å². The molecule has 0 amide bonds. The summed E-state index contributed by atoms with van der Waals surface area (Å²) >= 11 is 2.28. The molecule has 0 fully saturated rings. The summed E-state index contributed by atoms with van der Waals surface area (Å²) in [5, 5.41) is 0. The highest BCUT2D eigenvalue weighted by Gasteiger charge is 2.29. The summed E-state index contributed by atoms with van der Waals surface area (Å²) in [4.78, 5) is 17.6. The van der Waals surface area contributed by atoms with Crippen LogP contribution in [0, 0.1) is 3.57 Å². The highest BCUT2D eigenvalue weighted by Crippen LogP contribution is 2.33. The molecular formula is C23H17IN2O. The van der Waals surface area contributed by atoms with E-state index in [1.165, 1.54) is 16.7 Å². The first-order valence-electron chi connectivity index (χ1n) is 9.04. The molecular weight excluding hydrogens is 447 g/mol. The van der Waals surface area contributed by atoms with E-state index in [-0.39, 0.29) is 11.8 Å². The van der Waals surface area contributed by atoms with Gasteiger partial charge in [0.2, 0.25) is 5.91 Å². The van der Waals surface area contributed by atoms with Crippen LogP contribution in [0.1, 0.15) is 28.5 Å². The van der Waals surface area contributed by atoms with Gasteiger partial charge in [0.05, 0.1) is 11.0 Å². The third-order valence-electron chi connectivity index (χ3n) is 5.27. The lowest BCUT2D eigenvalue weighted by Gasteiger charge is -2.23. The zero-order valence-corrected chi connectivity index (χ0v) is 16.8. The van der Waals surface area contributed by atoms with Crippen molar-refractivity contribution in [1.29, 1.82) is 0 Å². The monoisotopic (exact) mass is 464 g/mol. The van der Waals surface area contributed by atoms with Gasteiger partial charge in [-0.25, -0.2) is 4.98 Å². The van der Waals surface area contributed by atoms with Crippen molar-refractivity contribution in [2.45, 2.75) is 18.8 Å². The summed E-state index contributed by atoms with van der Waals surface area (Å²) in [6.45, 7) is 0. The number of carbonyl (C=O) groups excluding carboxylic acids is 1. The van der Waals surface area contributed by atoms with Crippen molar-refractivity contribution in [3.63, 3.8) is 0 Å². The molecule has 1 aliphatic heterocycles. The molecule has 4 heteroatoms. The summed E-state index contributed by atoms with van der Waals surface area (Å²) in [5.41, 5.74) is 5.44.